The molecule has 0 unspecified atom stereocenters. The number of benzene rings is 1. The highest BCUT2D eigenvalue weighted by atomic mass is 32.2. The average Bonchev–Trinajstić information content (AvgIpc) is 3.18. The molecule has 1 aliphatic rings. The van der Waals surface area contributed by atoms with E-state index in [2.05, 4.69) is 20.5 Å². The molecule has 4 rings (SSSR count). The maximum Gasteiger partial charge on any atom is 0.328 e. The quantitative estimate of drug-likeness (QED) is 0.403. The number of Topliss-reactive ketones (excluding diaryl/α,β-unsaturated/α-hetero) is 1. The van der Waals surface area contributed by atoms with Gasteiger partial charge in [0.15, 0.2) is 12.4 Å². The molecule has 3 aromatic rings. The number of hydrogen-bond donors (Lipinski definition) is 2. The van der Waals surface area contributed by atoms with Crippen LogP contribution in [0.2, 0.25) is 0 Å². The van der Waals surface area contributed by atoms with E-state index in [9.17, 15) is 19.2 Å². The van der Waals surface area contributed by atoms with Crippen LogP contribution in [0.4, 0.5) is 5.69 Å². The summed E-state index contributed by atoms with van der Waals surface area (Å²) >= 11 is 1.08. The third kappa shape index (κ3) is 4.49. The van der Waals surface area contributed by atoms with Crippen molar-refractivity contribution in [2.45, 2.75) is 18.2 Å². The summed E-state index contributed by atoms with van der Waals surface area (Å²) in [6.07, 6.45) is 1.68. The van der Waals surface area contributed by atoms with Crippen molar-refractivity contribution in [2.75, 3.05) is 17.7 Å². The molecule has 3 heterocycles. The number of aromatic nitrogens is 4. The first-order chi connectivity index (χ1) is 14.5. The van der Waals surface area contributed by atoms with Crippen LogP contribution >= 0.6 is 11.8 Å². The van der Waals surface area contributed by atoms with E-state index >= 15 is 0 Å². The number of nitrogens with one attached hydrogen (secondary N) is 2. The number of amides is 1. The van der Waals surface area contributed by atoms with Gasteiger partial charge in [-0.25, -0.2) is 4.79 Å². The largest absolute Gasteiger partial charge is 0.482 e. The maximum atomic E-state index is 12.4. The summed E-state index contributed by atoms with van der Waals surface area (Å²) in [6.45, 7) is 0.205. The fraction of sp³-hybridized carbons (Fsp3) is 0.222. The molecule has 0 saturated heterocycles. The van der Waals surface area contributed by atoms with Crippen molar-refractivity contribution in [1.82, 2.24) is 19.7 Å². The summed E-state index contributed by atoms with van der Waals surface area (Å²) in [5.74, 6) is 0.430. The lowest BCUT2D eigenvalue weighted by Crippen LogP contribution is -2.29. The predicted molar refractivity (Wildman–Crippen MR) is 105 cm³/mol. The average molecular weight is 429 g/mol. The van der Waals surface area contributed by atoms with Crippen molar-refractivity contribution >= 4 is 29.1 Å². The minimum Gasteiger partial charge on any atom is -0.482 e. The van der Waals surface area contributed by atoms with Crippen molar-refractivity contribution in [1.29, 1.82) is 0 Å². The van der Waals surface area contributed by atoms with Crippen molar-refractivity contribution < 1.29 is 18.7 Å². The molecule has 1 aromatic carbocycles. The number of carbonyl (C=O) groups excluding carboxylic acids is 2. The number of fused-ring (bicyclic) bond motifs is 1. The Morgan fingerprint density at radius 1 is 1.20 bits per heavy atom. The molecule has 154 valence electrons. The van der Waals surface area contributed by atoms with E-state index in [1.165, 1.54) is 16.8 Å². The Kier molecular flexibility index (Phi) is 5.48. The van der Waals surface area contributed by atoms with E-state index < -0.39 is 11.2 Å². The van der Waals surface area contributed by atoms with Crippen LogP contribution in [0.5, 0.6) is 5.75 Å². The summed E-state index contributed by atoms with van der Waals surface area (Å²) in [6, 6.07) is 6.08. The second-order valence-electron chi connectivity index (χ2n) is 6.27. The molecule has 0 fully saturated rings. The zero-order valence-corrected chi connectivity index (χ0v) is 16.2. The molecule has 2 aromatic heterocycles. The van der Waals surface area contributed by atoms with Gasteiger partial charge < -0.3 is 19.0 Å². The Morgan fingerprint density at radius 3 is 2.90 bits per heavy atom. The van der Waals surface area contributed by atoms with Gasteiger partial charge in [-0.2, -0.15) is 0 Å². The number of H-pyrrole nitrogens is 1. The highest BCUT2D eigenvalue weighted by Crippen LogP contribution is 2.29. The molecule has 1 amide bonds. The van der Waals surface area contributed by atoms with Crippen LogP contribution in [0.3, 0.4) is 0 Å². The lowest BCUT2D eigenvalue weighted by molar-refractivity contribution is -0.118. The third-order valence-electron chi connectivity index (χ3n) is 4.17. The molecule has 11 nitrogen and oxygen atoms in total. The molecule has 0 aliphatic carbocycles. The zero-order valence-electron chi connectivity index (χ0n) is 15.4. The SMILES string of the molecule is O=C1COc2ccc(C(=O)CSc3nnc(CCn4ccc(=O)[nH]c4=O)o3)cc2N1. The van der Waals surface area contributed by atoms with Gasteiger partial charge in [-0.05, 0) is 18.2 Å². The molecule has 12 heteroatoms. The molecular weight excluding hydrogens is 414 g/mol. The molecule has 2 N–H and O–H groups in total. The Morgan fingerprint density at radius 2 is 2.07 bits per heavy atom. The normalized spacial score (nSPS) is 12.7. The zero-order chi connectivity index (χ0) is 21.1. The molecule has 30 heavy (non-hydrogen) atoms. The van der Waals surface area contributed by atoms with Crippen LogP contribution < -0.4 is 21.3 Å². The summed E-state index contributed by atoms with van der Waals surface area (Å²) in [5, 5.41) is 10.7. The second kappa shape index (κ2) is 8.37. The van der Waals surface area contributed by atoms with Crippen LogP contribution in [0.1, 0.15) is 16.2 Å². The number of carbonyl (C=O) groups is 2. The monoisotopic (exact) mass is 429 g/mol. The highest BCUT2D eigenvalue weighted by Gasteiger charge is 2.18. The van der Waals surface area contributed by atoms with Gasteiger partial charge in [0.2, 0.25) is 5.89 Å². The Labute approximate surface area is 172 Å². The Balaban J connectivity index is 1.33. The van der Waals surface area contributed by atoms with Crippen molar-refractivity contribution in [3.05, 3.63) is 62.8 Å². The number of ether oxygens (including phenoxy) is 1. The number of aromatic amines is 1. The lowest BCUT2D eigenvalue weighted by Gasteiger charge is -2.18. The number of ketones is 1. The summed E-state index contributed by atoms with van der Waals surface area (Å²) in [4.78, 5) is 48.7. The molecule has 0 atom stereocenters. The third-order valence-corrected chi connectivity index (χ3v) is 4.99. The molecule has 0 spiro atoms. The maximum absolute atomic E-state index is 12.4. The number of hydrogen-bond acceptors (Lipinski definition) is 9. The highest BCUT2D eigenvalue weighted by molar-refractivity contribution is 7.99. The second-order valence-corrected chi connectivity index (χ2v) is 7.20. The minimum atomic E-state index is -0.520. The van der Waals surface area contributed by atoms with Crippen molar-refractivity contribution in [2.24, 2.45) is 0 Å². The van der Waals surface area contributed by atoms with Crippen LogP contribution in [0.15, 0.2) is 49.7 Å². The van der Waals surface area contributed by atoms with Gasteiger partial charge in [-0.1, -0.05) is 11.8 Å². The van der Waals surface area contributed by atoms with E-state index in [0.29, 0.717) is 22.9 Å². The van der Waals surface area contributed by atoms with Gasteiger partial charge in [0, 0.05) is 30.8 Å². The van der Waals surface area contributed by atoms with Gasteiger partial charge in [0.1, 0.15) is 5.75 Å². The van der Waals surface area contributed by atoms with Crippen molar-refractivity contribution in [3.63, 3.8) is 0 Å². The Hall–Kier alpha value is -3.67. The number of rotatable bonds is 7. The molecular formula is C18H15N5O6S. The first-order valence-electron chi connectivity index (χ1n) is 8.83. The van der Waals surface area contributed by atoms with Crippen LogP contribution in [-0.4, -0.2) is 43.8 Å². The number of aryl methyl sites for hydroxylation is 2. The summed E-state index contributed by atoms with van der Waals surface area (Å²) in [5.41, 5.74) is -0.107. The fourth-order valence-corrected chi connectivity index (χ4v) is 3.38. The van der Waals surface area contributed by atoms with Crippen LogP contribution in [0, 0.1) is 0 Å². The van der Waals surface area contributed by atoms with Crippen molar-refractivity contribution in [3.8, 4) is 5.75 Å². The van der Waals surface area contributed by atoms with E-state index in [4.69, 9.17) is 9.15 Å². The molecule has 1 aliphatic heterocycles. The van der Waals surface area contributed by atoms with Gasteiger partial charge >= 0.3 is 5.69 Å². The van der Waals surface area contributed by atoms with E-state index in [1.807, 2.05) is 0 Å². The predicted octanol–water partition coefficient (Wildman–Crippen LogP) is 0.468. The summed E-state index contributed by atoms with van der Waals surface area (Å²) < 4.78 is 12.1. The molecule has 0 bridgehead atoms. The topological polar surface area (TPSA) is 149 Å². The lowest BCUT2D eigenvalue weighted by atomic mass is 10.1. The first-order valence-corrected chi connectivity index (χ1v) is 9.81. The number of thioether (sulfide) groups is 1. The fourth-order valence-electron chi connectivity index (χ4n) is 2.70. The minimum absolute atomic E-state index is 0.0491. The molecule has 0 saturated carbocycles. The summed E-state index contributed by atoms with van der Waals surface area (Å²) in [7, 11) is 0. The van der Waals surface area contributed by atoms with Gasteiger partial charge in [0.05, 0.1) is 11.4 Å². The molecule has 0 radical (unpaired) electrons. The van der Waals surface area contributed by atoms with Crippen LogP contribution in [-0.2, 0) is 17.8 Å². The standard InChI is InChI=1S/C18H15N5O6S/c24-12(10-1-2-13-11(7-10)19-15(26)8-28-13)9-30-18-22-21-16(29-18)4-6-23-5-3-14(25)20-17(23)27/h1-3,5,7H,4,6,8-9H2,(H,19,26)(H,20,25,27). The number of nitrogens with zero attached hydrogens (tertiary/aromatic N) is 3. The van der Waals surface area contributed by atoms with E-state index in [1.54, 1.807) is 18.2 Å². The van der Waals surface area contributed by atoms with E-state index in [0.717, 1.165) is 11.8 Å². The number of anilines is 1. The van der Waals surface area contributed by atoms with Gasteiger partial charge in [-0.15, -0.1) is 10.2 Å². The van der Waals surface area contributed by atoms with E-state index in [-0.39, 0.29) is 42.2 Å². The Bertz CT molecular complexity index is 1230. The first kappa shape index (κ1) is 19.6. The van der Waals surface area contributed by atoms with Crippen LogP contribution in [0.25, 0.3) is 0 Å². The van der Waals surface area contributed by atoms with Gasteiger partial charge in [0.25, 0.3) is 16.7 Å². The smallest absolute Gasteiger partial charge is 0.328 e. The van der Waals surface area contributed by atoms with Gasteiger partial charge in [-0.3, -0.25) is 19.4 Å².